The molecule has 4 aliphatic rings. The molecule has 2 amide bonds. The monoisotopic (exact) mass is 482 g/mol. The molecule has 1 aromatic carbocycles. The van der Waals surface area contributed by atoms with Gasteiger partial charge in [0, 0.05) is 50.0 Å². The lowest BCUT2D eigenvalue weighted by Gasteiger charge is -2.43. The Morgan fingerprint density at radius 1 is 1.03 bits per heavy atom. The van der Waals surface area contributed by atoms with Crippen LogP contribution in [0.5, 0.6) is 0 Å². The van der Waals surface area contributed by atoms with Crippen molar-refractivity contribution in [2.45, 2.75) is 70.2 Å². The normalized spacial score (nSPS) is 26.1. The minimum absolute atomic E-state index is 0.0421. The number of likely N-dealkylation sites (tertiary alicyclic amines) is 1. The first-order chi connectivity index (χ1) is 16.9. The highest BCUT2D eigenvalue weighted by molar-refractivity contribution is 5.99. The van der Waals surface area contributed by atoms with E-state index in [-0.39, 0.29) is 36.2 Å². The predicted molar refractivity (Wildman–Crippen MR) is 133 cm³/mol. The van der Waals surface area contributed by atoms with E-state index in [4.69, 9.17) is 4.74 Å². The number of piperazine rings is 1. The maximum atomic E-state index is 13.4. The average Bonchev–Trinajstić information content (AvgIpc) is 3.40. The first kappa shape index (κ1) is 24.3. The second-order valence-corrected chi connectivity index (χ2v) is 10.9. The van der Waals surface area contributed by atoms with E-state index in [9.17, 15) is 14.4 Å². The fourth-order valence-electron chi connectivity index (χ4n) is 5.90. The summed E-state index contributed by atoms with van der Waals surface area (Å²) in [7, 11) is 0. The number of carbonyl (C=O) groups excluding carboxylic acids is 3. The molecule has 0 bridgehead atoms. The Morgan fingerprint density at radius 2 is 1.74 bits per heavy atom. The molecule has 3 atom stereocenters. The minimum atomic E-state index is -0.658. The van der Waals surface area contributed by atoms with Gasteiger partial charge in [-0.25, -0.2) is 0 Å². The van der Waals surface area contributed by atoms with Gasteiger partial charge in [-0.3, -0.25) is 19.3 Å². The maximum absolute atomic E-state index is 13.4. The van der Waals surface area contributed by atoms with Crippen LogP contribution in [-0.4, -0.2) is 91.0 Å². The Kier molecular flexibility index (Phi) is 7.12. The number of nitrogens with zero attached hydrogens (tertiary/aromatic N) is 3. The second-order valence-electron chi connectivity index (χ2n) is 10.9. The van der Waals surface area contributed by atoms with Crippen LogP contribution in [0.4, 0.5) is 5.69 Å². The maximum Gasteiger partial charge on any atom is 0.251 e. The van der Waals surface area contributed by atoms with Gasteiger partial charge in [0.15, 0.2) is 5.78 Å². The lowest BCUT2D eigenvalue weighted by Crippen LogP contribution is -2.52. The van der Waals surface area contributed by atoms with Crippen LogP contribution < -0.4 is 10.2 Å². The molecule has 0 unspecified atom stereocenters. The summed E-state index contributed by atoms with van der Waals surface area (Å²) in [4.78, 5) is 45.4. The summed E-state index contributed by atoms with van der Waals surface area (Å²) < 4.78 is 5.53. The van der Waals surface area contributed by atoms with Crippen molar-refractivity contribution in [3.8, 4) is 0 Å². The number of ketones is 1. The molecular weight excluding hydrogens is 444 g/mol. The molecule has 8 nitrogen and oxygen atoms in total. The van der Waals surface area contributed by atoms with Crippen molar-refractivity contribution in [1.29, 1.82) is 0 Å². The Hall–Kier alpha value is -2.45. The molecule has 1 saturated carbocycles. The lowest BCUT2D eigenvalue weighted by molar-refractivity contribution is -0.138. The number of nitrogens with one attached hydrogen (secondary N) is 1. The standard InChI is InChI=1S/C27H38N4O4/c1-18(2)16-22(27(34)31-11-10-24-25(31)23(32)17-35-24)28-26(33)19-6-8-21(9-7-19)30-14-12-29(13-15-30)20-4-3-5-20/h6-9,18,20,22,24-25H,3-5,10-17H2,1-2H3,(H,28,33)/t22-,24+,25+/m0/s1. The molecule has 0 aromatic heterocycles. The number of carbonyl (C=O) groups is 3. The van der Waals surface area contributed by atoms with Crippen molar-refractivity contribution in [2.75, 3.05) is 44.2 Å². The molecule has 1 N–H and O–H groups in total. The third-order valence-corrected chi connectivity index (χ3v) is 8.11. The van der Waals surface area contributed by atoms with Crippen molar-refractivity contribution in [2.24, 2.45) is 5.92 Å². The Labute approximate surface area is 207 Å². The van der Waals surface area contributed by atoms with E-state index < -0.39 is 12.1 Å². The molecule has 35 heavy (non-hydrogen) atoms. The molecule has 190 valence electrons. The summed E-state index contributed by atoms with van der Waals surface area (Å²) in [6.45, 7) is 8.83. The van der Waals surface area contributed by atoms with Gasteiger partial charge in [-0.2, -0.15) is 0 Å². The van der Waals surface area contributed by atoms with Gasteiger partial charge in [0.05, 0.1) is 6.10 Å². The second kappa shape index (κ2) is 10.3. The third kappa shape index (κ3) is 5.09. The number of Topliss-reactive ketones (excluding diaryl/α,β-unsaturated/α-hetero) is 1. The van der Waals surface area contributed by atoms with E-state index in [1.807, 2.05) is 38.1 Å². The van der Waals surface area contributed by atoms with Crippen LogP contribution in [0.3, 0.4) is 0 Å². The zero-order chi connectivity index (χ0) is 24.5. The molecule has 1 aromatic rings. The Balaban J connectivity index is 1.20. The SMILES string of the molecule is CC(C)C[C@H](NC(=O)c1ccc(N2CCN(C3CCC3)CC2)cc1)C(=O)N1CC[C@H]2OCC(=O)[C@H]21. The number of amides is 2. The largest absolute Gasteiger partial charge is 0.369 e. The fourth-order valence-corrected chi connectivity index (χ4v) is 5.90. The van der Waals surface area contributed by atoms with Crippen LogP contribution in [0, 0.1) is 5.92 Å². The molecular formula is C27H38N4O4. The molecule has 0 spiro atoms. The van der Waals surface area contributed by atoms with Crippen LogP contribution in [-0.2, 0) is 14.3 Å². The highest BCUT2D eigenvalue weighted by Crippen LogP contribution is 2.29. The van der Waals surface area contributed by atoms with Gasteiger partial charge in [0.25, 0.3) is 5.91 Å². The van der Waals surface area contributed by atoms with Crippen molar-refractivity contribution in [1.82, 2.24) is 15.1 Å². The highest BCUT2D eigenvalue weighted by Gasteiger charge is 2.48. The smallest absolute Gasteiger partial charge is 0.251 e. The topological polar surface area (TPSA) is 82.2 Å². The van der Waals surface area contributed by atoms with Crippen LogP contribution in [0.15, 0.2) is 24.3 Å². The molecule has 5 rings (SSSR count). The fraction of sp³-hybridized carbons (Fsp3) is 0.667. The Morgan fingerprint density at radius 3 is 2.37 bits per heavy atom. The number of anilines is 1. The number of ether oxygens (including phenoxy) is 1. The van der Waals surface area contributed by atoms with Gasteiger partial charge in [0.1, 0.15) is 18.7 Å². The van der Waals surface area contributed by atoms with E-state index in [0.29, 0.717) is 24.9 Å². The number of benzene rings is 1. The molecule has 3 saturated heterocycles. The van der Waals surface area contributed by atoms with Crippen molar-refractivity contribution in [3.63, 3.8) is 0 Å². The number of hydrogen-bond donors (Lipinski definition) is 1. The van der Waals surface area contributed by atoms with Crippen molar-refractivity contribution in [3.05, 3.63) is 29.8 Å². The molecule has 0 radical (unpaired) electrons. The van der Waals surface area contributed by atoms with Crippen LogP contribution in [0.25, 0.3) is 0 Å². The predicted octanol–water partition coefficient (Wildman–Crippen LogP) is 2.07. The average molecular weight is 483 g/mol. The highest BCUT2D eigenvalue weighted by atomic mass is 16.5. The summed E-state index contributed by atoms with van der Waals surface area (Å²) in [5.74, 6) is -0.256. The molecule has 3 aliphatic heterocycles. The summed E-state index contributed by atoms with van der Waals surface area (Å²) in [5.41, 5.74) is 1.68. The van der Waals surface area contributed by atoms with Crippen LogP contribution in [0.2, 0.25) is 0 Å². The van der Waals surface area contributed by atoms with Crippen LogP contribution in [0.1, 0.15) is 56.3 Å². The number of rotatable bonds is 7. The van der Waals surface area contributed by atoms with Gasteiger partial charge < -0.3 is 19.9 Å². The molecule has 3 heterocycles. The zero-order valence-corrected chi connectivity index (χ0v) is 20.9. The zero-order valence-electron chi connectivity index (χ0n) is 20.9. The first-order valence-electron chi connectivity index (χ1n) is 13.3. The van der Waals surface area contributed by atoms with E-state index in [0.717, 1.165) is 37.9 Å². The van der Waals surface area contributed by atoms with Crippen molar-refractivity contribution >= 4 is 23.3 Å². The van der Waals surface area contributed by atoms with Gasteiger partial charge >= 0.3 is 0 Å². The summed E-state index contributed by atoms with van der Waals surface area (Å²) in [6, 6.07) is 7.34. The van der Waals surface area contributed by atoms with Crippen LogP contribution >= 0.6 is 0 Å². The van der Waals surface area contributed by atoms with Crippen molar-refractivity contribution < 1.29 is 19.1 Å². The van der Waals surface area contributed by atoms with E-state index in [1.54, 1.807) is 4.90 Å². The first-order valence-corrected chi connectivity index (χ1v) is 13.3. The number of fused-ring (bicyclic) bond motifs is 1. The van der Waals surface area contributed by atoms with E-state index in [2.05, 4.69) is 15.1 Å². The molecule has 1 aliphatic carbocycles. The quantitative estimate of drug-likeness (QED) is 0.641. The van der Waals surface area contributed by atoms with Gasteiger partial charge in [0.2, 0.25) is 5.91 Å². The summed E-state index contributed by atoms with van der Waals surface area (Å²) >= 11 is 0. The molecule has 4 fully saturated rings. The van der Waals surface area contributed by atoms with E-state index >= 15 is 0 Å². The lowest BCUT2D eigenvalue weighted by atomic mass is 9.91. The number of hydrogen-bond acceptors (Lipinski definition) is 6. The third-order valence-electron chi connectivity index (χ3n) is 8.11. The van der Waals surface area contributed by atoms with Gasteiger partial charge in [-0.15, -0.1) is 0 Å². The van der Waals surface area contributed by atoms with Gasteiger partial charge in [-0.05, 0) is 55.9 Å². The van der Waals surface area contributed by atoms with E-state index in [1.165, 1.54) is 19.3 Å². The summed E-state index contributed by atoms with van der Waals surface area (Å²) in [6.07, 6.45) is 5.03. The minimum Gasteiger partial charge on any atom is -0.369 e. The van der Waals surface area contributed by atoms with Gasteiger partial charge in [-0.1, -0.05) is 20.3 Å². The summed E-state index contributed by atoms with van der Waals surface area (Å²) in [5, 5.41) is 2.96. The Bertz CT molecular complexity index is 937. The molecule has 8 heteroatoms.